The minimum Gasteiger partial charge on any atom is -0.507 e. The second kappa shape index (κ2) is 9.76. The van der Waals surface area contributed by atoms with E-state index in [0.29, 0.717) is 11.3 Å². The van der Waals surface area contributed by atoms with Crippen LogP contribution in [0, 0.1) is 6.92 Å². The number of phenols is 1. The molecule has 4 rings (SSSR count). The molecule has 0 aliphatic heterocycles. The van der Waals surface area contributed by atoms with Gasteiger partial charge in [0.05, 0.1) is 16.8 Å². The summed E-state index contributed by atoms with van der Waals surface area (Å²) in [7, 11) is -3.99. The van der Waals surface area contributed by atoms with Gasteiger partial charge in [-0.15, -0.1) is 0 Å². The molecule has 8 heteroatoms. The molecular weight excluding hydrogens is 450 g/mol. The van der Waals surface area contributed by atoms with Gasteiger partial charge in [-0.2, -0.15) is 5.10 Å². The lowest BCUT2D eigenvalue weighted by atomic mass is 10.0. The average molecular weight is 474 g/mol. The quantitative estimate of drug-likeness (QED) is 0.310. The monoisotopic (exact) mass is 473 g/mol. The van der Waals surface area contributed by atoms with Crippen molar-refractivity contribution < 1.29 is 18.3 Å². The first-order valence-corrected chi connectivity index (χ1v) is 12.0. The molecule has 0 aliphatic carbocycles. The molecule has 0 aliphatic rings. The highest BCUT2D eigenvalue weighted by atomic mass is 32.2. The predicted octanol–water partition coefficient (Wildman–Crippen LogP) is 4.20. The largest absolute Gasteiger partial charge is 0.507 e. The number of aromatic hydroxyl groups is 1. The highest BCUT2D eigenvalue weighted by molar-refractivity contribution is 7.92. The van der Waals surface area contributed by atoms with E-state index in [4.69, 9.17) is 0 Å². The van der Waals surface area contributed by atoms with Gasteiger partial charge < -0.3 is 5.11 Å². The Hall–Kier alpha value is -4.17. The third-order valence-corrected chi connectivity index (χ3v) is 7.06. The number of nitrogens with zero attached hydrogens (tertiary/aromatic N) is 2. The van der Waals surface area contributed by atoms with Crippen molar-refractivity contribution in [1.82, 2.24) is 5.43 Å². The van der Waals surface area contributed by atoms with Crippen molar-refractivity contribution in [3.05, 3.63) is 102 Å². The number of sulfonamides is 1. The zero-order valence-corrected chi connectivity index (χ0v) is 19.2. The van der Waals surface area contributed by atoms with Crippen molar-refractivity contribution >= 4 is 38.6 Å². The molecule has 0 saturated carbocycles. The van der Waals surface area contributed by atoms with Crippen LogP contribution in [0.15, 0.2) is 101 Å². The van der Waals surface area contributed by atoms with E-state index in [1.807, 2.05) is 31.2 Å². The molecule has 7 nitrogen and oxygen atoms in total. The van der Waals surface area contributed by atoms with Gasteiger partial charge in [0.2, 0.25) is 0 Å². The molecule has 0 bridgehead atoms. The number of carbonyl (C=O) groups is 1. The number of aryl methyl sites for hydroxylation is 1. The smallest absolute Gasteiger partial charge is 0.264 e. The van der Waals surface area contributed by atoms with Gasteiger partial charge in [0.1, 0.15) is 12.3 Å². The molecule has 0 spiro atoms. The van der Waals surface area contributed by atoms with Gasteiger partial charge in [0, 0.05) is 5.56 Å². The lowest BCUT2D eigenvalue weighted by Gasteiger charge is -2.23. The number of rotatable bonds is 7. The SMILES string of the molecule is Cc1ccc(N(CC(=O)N/N=C\c2c(O)ccc3ccccc23)S(=O)(=O)c2ccccc2)cc1. The number of amides is 1. The first-order chi connectivity index (χ1) is 16.4. The summed E-state index contributed by atoms with van der Waals surface area (Å²) in [4.78, 5) is 12.8. The van der Waals surface area contributed by atoms with Crippen LogP contribution in [0.4, 0.5) is 5.69 Å². The van der Waals surface area contributed by atoms with Crippen LogP contribution in [0.25, 0.3) is 10.8 Å². The summed E-state index contributed by atoms with van der Waals surface area (Å²) in [5, 5.41) is 15.9. The number of carbonyl (C=O) groups excluding carboxylic acids is 1. The number of nitrogens with one attached hydrogen (secondary N) is 1. The molecule has 172 valence electrons. The van der Waals surface area contributed by atoms with Gasteiger partial charge in [0.15, 0.2) is 0 Å². The van der Waals surface area contributed by atoms with Crippen LogP contribution < -0.4 is 9.73 Å². The standard InChI is InChI=1S/C26H23N3O4S/c1-19-11-14-21(15-12-19)29(34(32,33)22-8-3-2-4-9-22)18-26(31)28-27-17-24-23-10-6-5-7-20(23)13-16-25(24)30/h2-17,30H,18H2,1H3,(H,28,31)/b27-17-. The summed E-state index contributed by atoms with van der Waals surface area (Å²) < 4.78 is 27.7. The Balaban J connectivity index is 1.58. The summed E-state index contributed by atoms with van der Waals surface area (Å²) in [5.41, 5.74) is 4.15. The predicted molar refractivity (Wildman–Crippen MR) is 134 cm³/mol. The molecule has 4 aromatic rings. The second-order valence-electron chi connectivity index (χ2n) is 7.67. The molecule has 0 radical (unpaired) electrons. The minimum atomic E-state index is -3.99. The summed E-state index contributed by atoms with van der Waals surface area (Å²) >= 11 is 0. The van der Waals surface area contributed by atoms with E-state index in [-0.39, 0.29) is 10.6 Å². The van der Waals surface area contributed by atoms with Crippen LogP contribution >= 0.6 is 0 Å². The Morgan fingerprint density at radius 3 is 2.35 bits per heavy atom. The molecule has 1 amide bonds. The molecule has 2 N–H and O–H groups in total. The number of hydrogen-bond donors (Lipinski definition) is 2. The normalized spacial score (nSPS) is 11.6. The summed E-state index contributed by atoms with van der Waals surface area (Å²) in [6.07, 6.45) is 1.34. The Morgan fingerprint density at radius 2 is 1.62 bits per heavy atom. The van der Waals surface area contributed by atoms with Crippen LogP contribution in [0.2, 0.25) is 0 Å². The van der Waals surface area contributed by atoms with Gasteiger partial charge in [0.25, 0.3) is 15.9 Å². The van der Waals surface area contributed by atoms with Crippen LogP contribution in [0.3, 0.4) is 0 Å². The number of phenolic OH excluding ortho intramolecular Hbond substituents is 1. The Bertz CT molecular complexity index is 1450. The maximum absolute atomic E-state index is 13.3. The fourth-order valence-electron chi connectivity index (χ4n) is 3.50. The zero-order valence-electron chi connectivity index (χ0n) is 18.4. The van der Waals surface area contributed by atoms with Crippen LogP contribution in [-0.2, 0) is 14.8 Å². The maximum atomic E-state index is 13.3. The first-order valence-electron chi connectivity index (χ1n) is 10.5. The summed E-state index contributed by atoms with van der Waals surface area (Å²) in [5.74, 6) is -0.610. The van der Waals surface area contributed by atoms with Crippen LogP contribution in [0.5, 0.6) is 5.75 Å². The molecule has 0 saturated heterocycles. The number of hydrogen-bond acceptors (Lipinski definition) is 5. The minimum absolute atomic E-state index is 0.0182. The van der Waals surface area contributed by atoms with E-state index in [2.05, 4.69) is 10.5 Å². The van der Waals surface area contributed by atoms with Crippen molar-refractivity contribution in [2.75, 3.05) is 10.8 Å². The van der Waals surface area contributed by atoms with Gasteiger partial charge in [-0.05, 0) is 48.0 Å². The van der Waals surface area contributed by atoms with Crippen molar-refractivity contribution in [2.24, 2.45) is 5.10 Å². The highest BCUT2D eigenvalue weighted by Gasteiger charge is 2.27. The van der Waals surface area contributed by atoms with E-state index in [1.54, 1.807) is 54.6 Å². The molecule has 0 aromatic heterocycles. The lowest BCUT2D eigenvalue weighted by molar-refractivity contribution is -0.119. The zero-order chi connectivity index (χ0) is 24.1. The average Bonchev–Trinajstić information content (AvgIpc) is 2.85. The number of fused-ring (bicyclic) bond motifs is 1. The van der Waals surface area contributed by atoms with Crippen molar-refractivity contribution in [2.45, 2.75) is 11.8 Å². The summed E-state index contributed by atoms with van der Waals surface area (Å²) in [6.45, 7) is 1.42. The van der Waals surface area contributed by atoms with Crippen molar-refractivity contribution in [1.29, 1.82) is 0 Å². The lowest BCUT2D eigenvalue weighted by Crippen LogP contribution is -2.39. The van der Waals surface area contributed by atoms with Crippen molar-refractivity contribution in [3.63, 3.8) is 0 Å². The van der Waals surface area contributed by atoms with E-state index in [0.717, 1.165) is 20.6 Å². The van der Waals surface area contributed by atoms with E-state index in [9.17, 15) is 18.3 Å². The molecule has 4 aromatic carbocycles. The molecular formula is C26H23N3O4S. The molecule has 34 heavy (non-hydrogen) atoms. The highest BCUT2D eigenvalue weighted by Crippen LogP contribution is 2.26. The van der Waals surface area contributed by atoms with E-state index >= 15 is 0 Å². The molecule has 0 heterocycles. The second-order valence-corrected chi connectivity index (χ2v) is 9.54. The number of hydrazone groups is 1. The Kier molecular flexibility index (Phi) is 6.60. The maximum Gasteiger partial charge on any atom is 0.264 e. The molecule has 0 unspecified atom stereocenters. The fraction of sp³-hybridized carbons (Fsp3) is 0.0769. The number of benzene rings is 4. The van der Waals surface area contributed by atoms with E-state index in [1.165, 1.54) is 18.3 Å². The number of anilines is 1. The third kappa shape index (κ3) is 4.92. The fourth-order valence-corrected chi connectivity index (χ4v) is 4.94. The Morgan fingerprint density at radius 1 is 0.941 bits per heavy atom. The van der Waals surface area contributed by atoms with Gasteiger partial charge in [-0.25, -0.2) is 13.8 Å². The summed E-state index contributed by atoms with van der Waals surface area (Å²) in [6, 6.07) is 25.6. The molecule has 0 fully saturated rings. The molecule has 0 atom stereocenters. The third-order valence-electron chi connectivity index (χ3n) is 5.27. The van der Waals surface area contributed by atoms with Crippen LogP contribution in [-0.4, -0.2) is 32.2 Å². The topological polar surface area (TPSA) is 99.1 Å². The van der Waals surface area contributed by atoms with Gasteiger partial charge in [-0.3, -0.25) is 9.10 Å². The van der Waals surface area contributed by atoms with E-state index < -0.39 is 22.5 Å². The van der Waals surface area contributed by atoms with Crippen LogP contribution in [0.1, 0.15) is 11.1 Å². The van der Waals surface area contributed by atoms with Crippen molar-refractivity contribution in [3.8, 4) is 5.75 Å². The Labute approximate surface area is 198 Å². The van der Waals surface area contributed by atoms with Gasteiger partial charge >= 0.3 is 0 Å². The first kappa shape index (κ1) is 23.0. The van der Waals surface area contributed by atoms with Gasteiger partial charge in [-0.1, -0.05) is 66.2 Å².